The van der Waals surface area contributed by atoms with Gasteiger partial charge in [0.2, 0.25) is 5.91 Å². The van der Waals surface area contributed by atoms with Crippen molar-refractivity contribution in [3.05, 3.63) is 30.1 Å². The van der Waals surface area contributed by atoms with E-state index in [-0.39, 0.29) is 12.8 Å². The number of nitrogens with two attached hydrogens (primary N) is 1. The van der Waals surface area contributed by atoms with Crippen molar-refractivity contribution in [3.8, 4) is 0 Å². The first-order valence-corrected chi connectivity index (χ1v) is 5.57. The molecule has 7 nitrogen and oxygen atoms in total. The van der Waals surface area contributed by atoms with Gasteiger partial charge in [0.1, 0.15) is 0 Å². The third-order valence-corrected chi connectivity index (χ3v) is 1.98. The van der Waals surface area contributed by atoms with Crippen molar-refractivity contribution in [1.82, 2.24) is 4.98 Å². The SMILES string of the molecule is NC(=O)c1cccnc1.O=C(O)CCCCC(=O)O. The first-order valence-electron chi connectivity index (χ1n) is 5.57. The number of carbonyl (C=O) groups is 3. The lowest BCUT2D eigenvalue weighted by molar-refractivity contribution is -0.139. The largest absolute Gasteiger partial charge is 0.481 e. The van der Waals surface area contributed by atoms with Crippen LogP contribution in [0.5, 0.6) is 0 Å². The van der Waals surface area contributed by atoms with Crippen LogP contribution in [0, 0.1) is 0 Å². The third-order valence-electron chi connectivity index (χ3n) is 1.98. The Labute approximate surface area is 110 Å². The molecule has 0 aliphatic carbocycles. The van der Waals surface area contributed by atoms with Crippen LogP contribution in [0.4, 0.5) is 0 Å². The van der Waals surface area contributed by atoms with Crippen molar-refractivity contribution in [2.75, 3.05) is 0 Å². The fraction of sp³-hybridized carbons (Fsp3) is 0.333. The summed E-state index contributed by atoms with van der Waals surface area (Å²) in [7, 11) is 0. The van der Waals surface area contributed by atoms with Gasteiger partial charge in [0.15, 0.2) is 0 Å². The molecule has 0 saturated heterocycles. The number of nitrogens with zero attached hydrogens (tertiary/aromatic N) is 1. The zero-order chi connectivity index (χ0) is 14.7. The smallest absolute Gasteiger partial charge is 0.303 e. The summed E-state index contributed by atoms with van der Waals surface area (Å²) in [5.74, 6) is -2.18. The van der Waals surface area contributed by atoms with Crippen LogP contribution in [0.25, 0.3) is 0 Å². The van der Waals surface area contributed by atoms with Gasteiger partial charge in [-0.3, -0.25) is 19.4 Å². The van der Waals surface area contributed by atoms with Gasteiger partial charge < -0.3 is 15.9 Å². The molecule has 104 valence electrons. The van der Waals surface area contributed by atoms with Gasteiger partial charge in [-0.2, -0.15) is 0 Å². The van der Waals surface area contributed by atoms with E-state index >= 15 is 0 Å². The standard InChI is InChI=1S/C6H6N2O.C6H10O4/c7-6(9)5-2-1-3-8-4-5;7-5(8)3-1-2-4-6(9)10/h1-4H,(H2,7,9);1-4H2,(H,7,8)(H,9,10). The normalized spacial score (nSPS) is 9.05. The van der Waals surface area contributed by atoms with Crippen molar-refractivity contribution in [2.45, 2.75) is 25.7 Å². The number of primary amides is 1. The first-order chi connectivity index (χ1) is 8.93. The Balaban J connectivity index is 0.000000342. The number of amides is 1. The summed E-state index contributed by atoms with van der Waals surface area (Å²) in [5.41, 5.74) is 5.38. The van der Waals surface area contributed by atoms with Crippen molar-refractivity contribution < 1.29 is 24.6 Å². The molecule has 0 atom stereocenters. The minimum absolute atomic E-state index is 0.0628. The van der Waals surface area contributed by atoms with E-state index in [1.807, 2.05) is 0 Å². The summed E-state index contributed by atoms with van der Waals surface area (Å²) in [6.45, 7) is 0. The van der Waals surface area contributed by atoms with Crippen molar-refractivity contribution >= 4 is 17.8 Å². The topological polar surface area (TPSA) is 131 Å². The highest BCUT2D eigenvalue weighted by atomic mass is 16.4. The van der Waals surface area contributed by atoms with Gasteiger partial charge in [-0.05, 0) is 25.0 Å². The second-order valence-electron chi connectivity index (χ2n) is 3.60. The summed E-state index contributed by atoms with van der Waals surface area (Å²) in [4.78, 5) is 33.9. The predicted octanol–water partition coefficient (Wildman–Crippen LogP) is 0.897. The van der Waals surface area contributed by atoms with Crippen LogP contribution in [0.3, 0.4) is 0 Å². The maximum atomic E-state index is 10.4. The Hall–Kier alpha value is -2.44. The second-order valence-corrected chi connectivity index (χ2v) is 3.60. The molecule has 1 aromatic heterocycles. The highest BCUT2D eigenvalue weighted by Gasteiger charge is 1.99. The summed E-state index contributed by atoms with van der Waals surface area (Å²) in [5, 5.41) is 16.3. The molecule has 0 aromatic carbocycles. The van der Waals surface area contributed by atoms with Crippen molar-refractivity contribution in [3.63, 3.8) is 0 Å². The fourth-order valence-electron chi connectivity index (χ4n) is 1.06. The van der Waals surface area contributed by atoms with E-state index in [9.17, 15) is 14.4 Å². The minimum Gasteiger partial charge on any atom is -0.481 e. The minimum atomic E-state index is -0.870. The van der Waals surface area contributed by atoms with E-state index in [1.165, 1.54) is 6.20 Å². The van der Waals surface area contributed by atoms with Gasteiger partial charge in [-0.25, -0.2) is 0 Å². The average Bonchev–Trinajstić information content (AvgIpc) is 2.36. The van der Waals surface area contributed by atoms with Crippen LogP contribution in [-0.2, 0) is 9.59 Å². The molecule has 1 amide bonds. The van der Waals surface area contributed by atoms with E-state index in [2.05, 4.69) is 4.98 Å². The molecule has 0 aliphatic heterocycles. The second kappa shape index (κ2) is 9.58. The summed E-state index contributed by atoms with van der Waals surface area (Å²) < 4.78 is 0. The van der Waals surface area contributed by atoms with Crippen molar-refractivity contribution in [1.29, 1.82) is 0 Å². The van der Waals surface area contributed by atoms with E-state index in [1.54, 1.807) is 18.3 Å². The van der Waals surface area contributed by atoms with Gasteiger partial charge in [0, 0.05) is 25.2 Å². The molecule has 7 heteroatoms. The lowest BCUT2D eigenvalue weighted by Crippen LogP contribution is -2.10. The van der Waals surface area contributed by atoms with Gasteiger partial charge in [0.05, 0.1) is 5.56 Å². The molecule has 19 heavy (non-hydrogen) atoms. The molecule has 0 unspecified atom stereocenters. The Morgan fingerprint density at radius 1 is 1.11 bits per heavy atom. The average molecular weight is 268 g/mol. The summed E-state index contributed by atoms with van der Waals surface area (Å²) in [6.07, 6.45) is 4.04. The number of rotatable bonds is 6. The molecular weight excluding hydrogens is 252 g/mol. The maximum Gasteiger partial charge on any atom is 0.303 e. The van der Waals surface area contributed by atoms with Gasteiger partial charge in [-0.1, -0.05) is 0 Å². The van der Waals surface area contributed by atoms with Crippen LogP contribution < -0.4 is 5.73 Å². The number of carboxylic acid groups (broad SMARTS) is 2. The van der Waals surface area contributed by atoms with Gasteiger partial charge >= 0.3 is 11.9 Å². The monoisotopic (exact) mass is 268 g/mol. The molecule has 0 radical (unpaired) electrons. The first kappa shape index (κ1) is 16.6. The fourth-order valence-corrected chi connectivity index (χ4v) is 1.06. The number of carbonyl (C=O) groups excluding carboxylic acids is 1. The number of hydrogen-bond acceptors (Lipinski definition) is 4. The molecule has 0 saturated carbocycles. The Morgan fingerprint density at radius 2 is 1.63 bits per heavy atom. The third kappa shape index (κ3) is 10.4. The van der Waals surface area contributed by atoms with Crippen LogP contribution in [-0.4, -0.2) is 33.0 Å². The van der Waals surface area contributed by atoms with E-state index in [0.29, 0.717) is 18.4 Å². The Morgan fingerprint density at radius 3 is 1.89 bits per heavy atom. The van der Waals surface area contributed by atoms with Gasteiger partial charge in [0.25, 0.3) is 0 Å². The maximum absolute atomic E-state index is 10.4. The van der Waals surface area contributed by atoms with Gasteiger partial charge in [-0.15, -0.1) is 0 Å². The number of unbranched alkanes of at least 4 members (excludes halogenated alkanes) is 1. The summed E-state index contributed by atoms with van der Waals surface area (Å²) in [6, 6.07) is 3.29. The lowest BCUT2D eigenvalue weighted by Gasteiger charge is -1.92. The van der Waals surface area contributed by atoms with E-state index < -0.39 is 17.8 Å². The van der Waals surface area contributed by atoms with E-state index in [0.717, 1.165) is 0 Å². The number of carboxylic acids is 2. The molecular formula is C12H16N2O5. The van der Waals surface area contributed by atoms with Crippen LogP contribution >= 0.6 is 0 Å². The quantitative estimate of drug-likeness (QED) is 0.657. The number of aromatic nitrogens is 1. The van der Waals surface area contributed by atoms with Crippen LogP contribution in [0.15, 0.2) is 24.5 Å². The molecule has 0 spiro atoms. The van der Waals surface area contributed by atoms with Crippen LogP contribution in [0.1, 0.15) is 36.0 Å². The molecule has 4 N–H and O–H groups in total. The number of aliphatic carboxylic acids is 2. The zero-order valence-corrected chi connectivity index (χ0v) is 10.3. The number of hydrogen-bond donors (Lipinski definition) is 3. The molecule has 0 bridgehead atoms. The zero-order valence-electron chi connectivity index (χ0n) is 10.3. The highest BCUT2D eigenvalue weighted by Crippen LogP contribution is 1.98. The Kier molecular flexibility index (Phi) is 8.35. The van der Waals surface area contributed by atoms with Crippen molar-refractivity contribution in [2.24, 2.45) is 5.73 Å². The molecule has 1 heterocycles. The highest BCUT2D eigenvalue weighted by molar-refractivity contribution is 5.92. The molecule has 0 fully saturated rings. The predicted molar refractivity (Wildman–Crippen MR) is 66.5 cm³/mol. The lowest BCUT2D eigenvalue weighted by atomic mass is 10.2. The van der Waals surface area contributed by atoms with Crippen LogP contribution in [0.2, 0.25) is 0 Å². The summed E-state index contributed by atoms with van der Waals surface area (Å²) >= 11 is 0. The molecule has 0 aliphatic rings. The number of pyridine rings is 1. The molecule has 1 aromatic rings. The van der Waals surface area contributed by atoms with E-state index in [4.69, 9.17) is 15.9 Å². The Bertz CT molecular complexity index is 403. The molecule has 1 rings (SSSR count).